The molecule has 1 heterocycles. The second-order valence-corrected chi connectivity index (χ2v) is 11.2. The summed E-state index contributed by atoms with van der Waals surface area (Å²) in [5.41, 5.74) is 0.319. The highest BCUT2D eigenvalue weighted by Crippen LogP contribution is 2.22. The molecule has 2 aromatic rings. The van der Waals surface area contributed by atoms with E-state index in [-0.39, 0.29) is 18.2 Å². The molecule has 1 aliphatic rings. The van der Waals surface area contributed by atoms with Crippen molar-refractivity contribution in [2.45, 2.75) is 56.2 Å². The number of amides is 2. The van der Waals surface area contributed by atoms with E-state index in [9.17, 15) is 36.0 Å². The maximum absolute atomic E-state index is 14.5. The minimum atomic E-state index is -4.05. The average Bonchev–Trinajstić information content (AvgIpc) is 3.70. The Bertz CT molecular complexity index is 1260. The number of sulfone groups is 1. The summed E-state index contributed by atoms with van der Waals surface area (Å²) in [6.45, 7) is 0.233. The van der Waals surface area contributed by atoms with Crippen molar-refractivity contribution in [2.75, 3.05) is 12.3 Å². The van der Waals surface area contributed by atoms with Crippen LogP contribution >= 0.6 is 0 Å². The molecule has 1 saturated carbocycles. The maximum Gasteiger partial charge on any atom is 0.410 e. The van der Waals surface area contributed by atoms with Crippen molar-refractivity contribution in [3.63, 3.8) is 0 Å². The lowest BCUT2D eigenvalue weighted by atomic mass is 10.1. The van der Waals surface area contributed by atoms with Gasteiger partial charge in [0.15, 0.2) is 9.84 Å². The van der Waals surface area contributed by atoms with E-state index in [2.05, 4.69) is 25.7 Å². The molecule has 1 fully saturated rings. The number of pyridine rings is 1. The number of rotatable bonds is 15. The zero-order valence-corrected chi connectivity index (χ0v) is 21.8. The standard InChI is InChI=1S/C25H29F3N4O6S/c1-2-20(22(33)24(35)31-18-7-8-18)32-23(34)21(14-39(36,37)13-16-4-3-11-29-12-16)30-15-25(27,28)38-19-9-5-17(26)6-10-19/h3-6,9-12,18,20-21,30H,2,7-8,13-15H2,1H3,(H,31,35)(H,32,34)/t20?,21-/m0/s1. The van der Waals surface area contributed by atoms with E-state index in [0.717, 1.165) is 37.1 Å². The van der Waals surface area contributed by atoms with Crippen LogP contribution in [-0.4, -0.2) is 67.5 Å². The van der Waals surface area contributed by atoms with Crippen LogP contribution in [0.5, 0.6) is 5.75 Å². The molecule has 3 rings (SSSR count). The fourth-order valence-electron chi connectivity index (χ4n) is 3.50. The lowest BCUT2D eigenvalue weighted by Gasteiger charge is -2.24. The molecule has 1 aromatic carbocycles. The summed E-state index contributed by atoms with van der Waals surface area (Å²) in [4.78, 5) is 41.6. The van der Waals surface area contributed by atoms with E-state index in [0.29, 0.717) is 5.56 Å². The number of alkyl halides is 2. The minimum absolute atomic E-state index is 0.00164. The number of hydrogen-bond donors (Lipinski definition) is 3. The summed E-state index contributed by atoms with van der Waals surface area (Å²) >= 11 is 0. The van der Waals surface area contributed by atoms with Gasteiger partial charge in [-0.25, -0.2) is 12.8 Å². The van der Waals surface area contributed by atoms with Crippen LogP contribution in [0.25, 0.3) is 0 Å². The van der Waals surface area contributed by atoms with Crippen molar-refractivity contribution in [3.05, 3.63) is 60.2 Å². The number of hydrogen-bond acceptors (Lipinski definition) is 8. The first kappa shape index (κ1) is 30.0. The maximum atomic E-state index is 14.5. The lowest BCUT2D eigenvalue weighted by molar-refractivity contribution is -0.172. The van der Waals surface area contributed by atoms with E-state index in [1.54, 1.807) is 0 Å². The molecular weight excluding hydrogens is 541 g/mol. The third-order valence-electron chi connectivity index (χ3n) is 5.66. The Labute approximate surface area is 223 Å². The van der Waals surface area contributed by atoms with Crippen LogP contribution in [-0.2, 0) is 30.0 Å². The predicted molar refractivity (Wildman–Crippen MR) is 134 cm³/mol. The summed E-state index contributed by atoms with van der Waals surface area (Å²) in [7, 11) is -4.05. The first-order valence-electron chi connectivity index (χ1n) is 12.2. The van der Waals surface area contributed by atoms with Gasteiger partial charge in [0, 0.05) is 18.4 Å². The topological polar surface area (TPSA) is 144 Å². The summed E-state index contributed by atoms with van der Waals surface area (Å²) in [6, 6.07) is 3.69. The van der Waals surface area contributed by atoms with E-state index in [1.165, 1.54) is 31.5 Å². The Morgan fingerprint density at radius 3 is 2.41 bits per heavy atom. The minimum Gasteiger partial charge on any atom is -0.432 e. The molecule has 0 radical (unpaired) electrons. The fraction of sp³-hybridized carbons (Fsp3) is 0.440. The van der Waals surface area contributed by atoms with Gasteiger partial charge in [-0.1, -0.05) is 13.0 Å². The fourth-order valence-corrected chi connectivity index (χ4v) is 5.07. The van der Waals surface area contributed by atoms with E-state index in [1.807, 2.05) is 0 Å². The summed E-state index contributed by atoms with van der Waals surface area (Å²) < 4.78 is 72.4. The smallest absolute Gasteiger partial charge is 0.410 e. The molecule has 0 bridgehead atoms. The van der Waals surface area contributed by atoms with Crippen molar-refractivity contribution < 1.29 is 40.7 Å². The second kappa shape index (κ2) is 13.0. The number of carbonyl (C=O) groups is 3. The van der Waals surface area contributed by atoms with Crippen LogP contribution in [0.1, 0.15) is 31.7 Å². The molecule has 14 heteroatoms. The van der Waals surface area contributed by atoms with Gasteiger partial charge in [0.2, 0.25) is 11.7 Å². The summed E-state index contributed by atoms with van der Waals surface area (Å²) in [5.74, 6) is -5.33. The van der Waals surface area contributed by atoms with Crippen molar-refractivity contribution in [1.29, 1.82) is 0 Å². The molecular formula is C25H29F3N4O6S. The van der Waals surface area contributed by atoms with Gasteiger partial charge in [0.1, 0.15) is 24.2 Å². The van der Waals surface area contributed by atoms with Crippen LogP contribution in [0.15, 0.2) is 48.8 Å². The Kier molecular flexibility index (Phi) is 10.0. The van der Waals surface area contributed by atoms with Gasteiger partial charge in [-0.3, -0.25) is 24.7 Å². The van der Waals surface area contributed by atoms with E-state index in [4.69, 9.17) is 0 Å². The molecule has 0 aliphatic heterocycles. The number of halogens is 3. The van der Waals surface area contributed by atoms with E-state index >= 15 is 0 Å². The van der Waals surface area contributed by atoms with Gasteiger partial charge < -0.3 is 15.4 Å². The predicted octanol–water partition coefficient (Wildman–Crippen LogP) is 1.51. The highest BCUT2D eigenvalue weighted by Gasteiger charge is 2.37. The molecule has 212 valence electrons. The van der Waals surface area contributed by atoms with Gasteiger partial charge in [-0.2, -0.15) is 8.78 Å². The van der Waals surface area contributed by atoms with Crippen LogP contribution in [0.4, 0.5) is 13.2 Å². The highest BCUT2D eigenvalue weighted by molar-refractivity contribution is 7.90. The summed E-state index contributed by atoms with van der Waals surface area (Å²) in [6.07, 6.45) is 0.303. The number of nitrogens with zero attached hydrogens (tertiary/aromatic N) is 1. The number of nitrogens with one attached hydrogen (secondary N) is 3. The van der Waals surface area contributed by atoms with Crippen LogP contribution in [0, 0.1) is 5.82 Å². The normalized spacial score (nSPS) is 15.2. The molecule has 2 amide bonds. The van der Waals surface area contributed by atoms with Crippen molar-refractivity contribution in [2.24, 2.45) is 0 Å². The SMILES string of the molecule is CCC(NC(=O)[C@H](CS(=O)(=O)Cc1cccnc1)NCC(F)(F)Oc1ccc(F)cc1)C(=O)C(=O)NC1CC1. The Morgan fingerprint density at radius 1 is 1.13 bits per heavy atom. The largest absolute Gasteiger partial charge is 0.432 e. The third-order valence-corrected chi connectivity index (χ3v) is 7.27. The number of ether oxygens (including phenoxy) is 1. The van der Waals surface area contributed by atoms with Gasteiger partial charge >= 0.3 is 6.11 Å². The van der Waals surface area contributed by atoms with Crippen molar-refractivity contribution >= 4 is 27.4 Å². The van der Waals surface area contributed by atoms with Crippen molar-refractivity contribution in [1.82, 2.24) is 20.9 Å². The molecule has 0 spiro atoms. The van der Waals surface area contributed by atoms with Crippen LogP contribution in [0.2, 0.25) is 0 Å². The molecule has 39 heavy (non-hydrogen) atoms. The second-order valence-electron chi connectivity index (χ2n) is 9.12. The van der Waals surface area contributed by atoms with Crippen LogP contribution in [0.3, 0.4) is 0 Å². The Hall–Kier alpha value is -3.52. The van der Waals surface area contributed by atoms with Gasteiger partial charge in [-0.15, -0.1) is 0 Å². The molecule has 10 nitrogen and oxygen atoms in total. The number of benzene rings is 1. The van der Waals surface area contributed by atoms with E-state index < -0.39 is 69.5 Å². The lowest BCUT2D eigenvalue weighted by Crippen LogP contribution is -2.56. The third kappa shape index (κ3) is 9.94. The number of Topliss-reactive ketones (excluding diaryl/α,β-unsaturated/α-hetero) is 1. The zero-order chi connectivity index (χ0) is 28.6. The number of carbonyl (C=O) groups excluding carboxylic acids is 3. The molecule has 0 saturated heterocycles. The summed E-state index contributed by atoms with van der Waals surface area (Å²) in [5, 5.41) is 7.02. The van der Waals surface area contributed by atoms with Gasteiger partial charge in [-0.05, 0) is 55.2 Å². The quantitative estimate of drug-likeness (QED) is 0.274. The highest BCUT2D eigenvalue weighted by atomic mass is 32.2. The number of aromatic nitrogens is 1. The monoisotopic (exact) mass is 570 g/mol. The van der Waals surface area contributed by atoms with Crippen LogP contribution < -0.4 is 20.7 Å². The molecule has 1 unspecified atom stereocenters. The first-order chi connectivity index (χ1) is 18.4. The molecule has 1 aliphatic carbocycles. The molecule has 1 aromatic heterocycles. The molecule has 3 N–H and O–H groups in total. The first-order valence-corrected chi connectivity index (χ1v) is 14.0. The van der Waals surface area contributed by atoms with Crippen molar-refractivity contribution in [3.8, 4) is 5.75 Å². The average molecular weight is 571 g/mol. The number of ketones is 1. The molecule has 2 atom stereocenters. The Morgan fingerprint density at radius 2 is 1.82 bits per heavy atom. The Balaban J connectivity index is 1.72. The van der Waals surface area contributed by atoms with Gasteiger partial charge in [0.05, 0.1) is 17.5 Å². The zero-order valence-electron chi connectivity index (χ0n) is 21.0. The van der Waals surface area contributed by atoms with Gasteiger partial charge in [0.25, 0.3) is 5.91 Å².